The van der Waals surface area contributed by atoms with Crippen LogP contribution in [0.5, 0.6) is 0 Å². The molecule has 0 bridgehead atoms. The number of fused-ring (bicyclic) bond motifs is 1. The molecule has 86 valence electrons. The largest absolute Gasteiger partial charge is 0.454 e. The van der Waals surface area contributed by atoms with Crippen LogP contribution < -0.4 is 11.2 Å². The number of nitrogens with zero attached hydrogens (tertiary/aromatic N) is 1. The third kappa shape index (κ3) is 1.68. The summed E-state index contributed by atoms with van der Waals surface area (Å²) in [5.74, 6) is 0.815. The Labute approximate surface area is 103 Å². The van der Waals surface area contributed by atoms with E-state index in [1.165, 1.54) is 11.8 Å². The van der Waals surface area contributed by atoms with Crippen LogP contribution in [-0.4, -0.2) is 5.17 Å². The van der Waals surface area contributed by atoms with Gasteiger partial charge in [-0.15, -0.1) is 0 Å². The lowest BCUT2D eigenvalue weighted by molar-refractivity contribution is 0.590. The van der Waals surface area contributed by atoms with Crippen molar-refractivity contribution >= 4 is 33.6 Å². The molecule has 0 fully saturated rings. The minimum Gasteiger partial charge on any atom is -0.454 e. The molecule has 2 aromatic rings. The zero-order valence-corrected chi connectivity index (χ0v) is 10.0. The van der Waals surface area contributed by atoms with E-state index in [9.17, 15) is 0 Å². The standard InChI is InChI=1S/C12H11N3OS/c1-7-8-4-2-3-5-10(8)16-11(7)9-6-17-12(13)15-14-9/h2-6,14H,1H3,(H2,13,15). The van der Waals surface area contributed by atoms with E-state index in [4.69, 9.17) is 10.2 Å². The van der Waals surface area contributed by atoms with Crippen LogP contribution >= 0.6 is 11.8 Å². The number of aryl methyl sites for hydroxylation is 1. The van der Waals surface area contributed by atoms with Gasteiger partial charge in [-0.05, 0) is 13.0 Å². The second-order valence-corrected chi connectivity index (χ2v) is 4.65. The Morgan fingerprint density at radius 2 is 2.18 bits per heavy atom. The zero-order valence-electron chi connectivity index (χ0n) is 9.23. The molecule has 0 unspecified atom stereocenters. The molecule has 17 heavy (non-hydrogen) atoms. The maximum Gasteiger partial charge on any atom is 0.182 e. The Kier molecular flexibility index (Phi) is 2.33. The summed E-state index contributed by atoms with van der Waals surface area (Å²) in [4.78, 5) is 0. The van der Waals surface area contributed by atoms with E-state index in [1.807, 2.05) is 36.6 Å². The summed E-state index contributed by atoms with van der Waals surface area (Å²) in [5, 5.41) is 7.51. The average molecular weight is 245 g/mol. The maximum atomic E-state index is 5.82. The van der Waals surface area contributed by atoms with Gasteiger partial charge in [0, 0.05) is 16.4 Å². The molecule has 3 N–H and O–H groups in total. The number of hydrogen-bond acceptors (Lipinski definition) is 5. The van der Waals surface area contributed by atoms with Crippen molar-refractivity contribution in [3.05, 3.63) is 41.0 Å². The molecule has 0 aliphatic carbocycles. The molecule has 1 aromatic carbocycles. The predicted molar refractivity (Wildman–Crippen MR) is 71.3 cm³/mol. The Balaban J connectivity index is 2.10. The molecule has 2 heterocycles. The number of furan rings is 1. The van der Waals surface area contributed by atoms with Gasteiger partial charge in [-0.25, -0.2) is 0 Å². The van der Waals surface area contributed by atoms with Gasteiger partial charge in [0.25, 0.3) is 0 Å². The highest BCUT2D eigenvalue weighted by molar-refractivity contribution is 8.16. The van der Waals surface area contributed by atoms with Crippen LogP contribution in [0.3, 0.4) is 0 Å². The molecular formula is C12H11N3OS. The van der Waals surface area contributed by atoms with Crippen LogP contribution in [0, 0.1) is 6.92 Å². The van der Waals surface area contributed by atoms with Crippen molar-refractivity contribution < 1.29 is 4.42 Å². The van der Waals surface area contributed by atoms with Gasteiger partial charge in [0.05, 0.1) is 0 Å². The molecule has 0 radical (unpaired) electrons. The third-order valence-corrected chi connectivity index (χ3v) is 3.36. The molecule has 0 spiro atoms. The summed E-state index contributed by atoms with van der Waals surface area (Å²) in [6.45, 7) is 2.04. The molecule has 4 nitrogen and oxygen atoms in total. The van der Waals surface area contributed by atoms with Gasteiger partial charge < -0.3 is 10.2 Å². The lowest BCUT2D eigenvalue weighted by Gasteiger charge is -2.09. The van der Waals surface area contributed by atoms with E-state index in [2.05, 4.69) is 10.5 Å². The first kappa shape index (κ1) is 10.3. The number of hydrogen-bond donors (Lipinski definition) is 2. The zero-order chi connectivity index (χ0) is 11.8. The molecule has 0 atom stereocenters. The van der Waals surface area contributed by atoms with E-state index in [0.717, 1.165) is 28.0 Å². The monoisotopic (exact) mass is 245 g/mol. The molecular weight excluding hydrogens is 234 g/mol. The van der Waals surface area contributed by atoms with E-state index >= 15 is 0 Å². The number of rotatable bonds is 1. The van der Waals surface area contributed by atoms with Crippen molar-refractivity contribution in [2.24, 2.45) is 10.8 Å². The third-order valence-electron chi connectivity index (χ3n) is 2.67. The fourth-order valence-electron chi connectivity index (χ4n) is 1.82. The van der Waals surface area contributed by atoms with E-state index < -0.39 is 0 Å². The first-order valence-electron chi connectivity index (χ1n) is 5.20. The fourth-order valence-corrected chi connectivity index (χ4v) is 2.32. The summed E-state index contributed by atoms with van der Waals surface area (Å²) in [7, 11) is 0. The van der Waals surface area contributed by atoms with Crippen molar-refractivity contribution in [3.63, 3.8) is 0 Å². The number of benzene rings is 1. The van der Waals surface area contributed by atoms with Crippen molar-refractivity contribution in [2.75, 3.05) is 0 Å². The number of para-hydroxylation sites is 1. The SMILES string of the molecule is Cc1c(C2=CSC(N)=NN2)oc2ccccc12. The number of nitrogens with two attached hydrogens (primary N) is 1. The molecule has 5 heteroatoms. The Morgan fingerprint density at radius 3 is 2.88 bits per heavy atom. The van der Waals surface area contributed by atoms with Crippen LogP contribution in [0.25, 0.3) is 16.7 Å². The average Bonchev–Trinajstić information content (AvgIpc) is 2.69. The minimum absolute atomic E-state index is 0.502. The topological polar surface area (TPSA) is 63.5 Å². The van der Waals surface area contributed by atoms with Gasteiger partial charge in [0.1, 0.15) is 11.3 Å². The van der Waals surface area contributed by atoms with E-state index in [1.54, 1.807) is 0 Å². The lowest BCUT2D eigenvalue weighted by Crippen LogP contribution is -2.17. The van der Waals surface area contributed by atoms with Crippen molar-refractivity contribution in [1.29, 1.82) is 0 Å². The quantitative estimate of drug-likeness (QED) is 0.810. The maximum absolute atomic E-state index is 5.82. The molecule has 0 saturated heterocycles. The van der Waals surface area contributed by atoms with Gasteiger partial charge in [-0.1, -0.05) is 30.0 Å². The number of amidine groups is 1. The van der Waals surface area contributed by atoms with Crippen LogP contribution in [0.1, 0.15) is 11.3 Å². The van der Waals surface area contributed by atoms with E-state index in [-0.39, 0.29) is 0 Å². The summed E-state index contributed by atoms with van der Waals surface area (Å²) >= 11 is 1.38. The molecule has 0 saturated carbocycles. The molecule has 1 aliphatic heterocycles. The van der Waals surface area contributed by atoms with Gasteiger partial charge in [0.15, 0.2) is 10.9 Å². The van der Waals surface area contributed by atoms with Crippen molar-refractivity contribution in [2.45, 2.75) is 6.92 Å². The lowest BCUT2D eigenvalue weighted by atomic mass is 10.1. The van der Waals surface area contributed by atoms with Gasteiger partial charge in [-0.2, -0.15) is 5.10 Å². The normalized spacial score (nSPS) is 15.4. The Morgan fingerprint density at radius 1 is 1.35 bits per heavy atom. The van der Waals surface area contributed by atoms with Crippen molar-refractivity contribution in [1.82, 2.24) is 5.43 Å². The second-order valence-electron chi connectivity index (χ2n) is 3.76. The fraction of sp³-hybridized carbons (Fsp3) is 0.0833. The van der Waals surface area contributed by atoms with Crippen LogP contribution in [0.2, 0.25) is 0 Å². The number of nitrogens with one attached hydrogen (secondary N) is 1. The van der Waals surface area contributed by atoms with Crippen LogP contribution in [0.4, 0.5) is 0 Å². The molecule has 1 aliphatic rings. The van der Waals surface area contributed by atoms with Crippen LogP contribution in [-0.2, 0) is 0 Å². The van der Waals surface area contributed by atoms with Gasteiger partial charge in [0.2, 0.25) is 0 Å². The summed E-state index contributed by atoms with van der Waals surface area (Å²) in [6, 6.07) is 7.97. The Bertz CT molecular complexity index is 642. The van der Waals surface area contributed by atoms with E-state index in [0.29, 0.717) is 5.17 Å². The first-order valence-corrected chi connectivity index (χ1v) is 6.08. The smallest absolute Gasteiger partial charge is 0.182 e. The number of hydrazone groups is 1. The number of thioether (sulfide) groups is 1. The molecule has 0 amide bonds. The Hall–Kier alpha value is -1.88. The molecule has 1 aromatic heterocycles. The summed E-state index contributed by atoms with van der Waals surface area (Å²) < 4.78 is 5.82. The highest BCUT2D eigenvalue weighted by atomic mass is 32.2. The van der Waals surface area contributed by atoms with Crippen molar-refractivity contribution in [3.8, 4) is 0 Å². The van der Waals surface area contributed by atoms with Crippen LogP contribution in [0.15, 0.2) is 39.2 Å². The predicted octanol–water partition coefficient (Wildman–Crippen LogP) is 2.61. The van der Waals surface area contributed by atoms with Gasteiger partial charge >= 0.3 is 0 Å². The summed E-state index contributed by atoms with van der Waals surface area (Å²) in [6.07, 6.45) is 0. The first-order chi connectivity index (χ1) is 8.25. The highest BCUT2D eigenvalue weighted by Gasteiger charge is 2.16. The minimum atomic E-state index is 0.502. The summed E-state index contributed by atoms with van der Waals surface area (Å²) in [5.41, 5.74) is 11.3. The highest BCUT2D eigenvalue weighted by Crippen LogP contribution is 2.30. The second kappa shape index (κ2) is 3.85. The molecule has 3 rings (SSSR count). The van der Waals surface area contributed by atoms with Gasteiger partial charge in [-0.3, -0.25) is 5.43 Å².